The Morgan fingerprint density at radius 2 is 1.98 bits per heavy atom. The van der Waals surface area contributed by atoms with E-state index >= 15 is 0 Å². The van der Waals surface area contributed by atoms with Crippen molar-refractivity contribution >= 4 is 39.9 Å². The van der Waals surface area contributed by atoms with Crippen molar-refractivity contribution in [3.05, 3.63) is 75.2 Å². The summed E-state index contributed by atoms with van der Waals surface area (Å²) < 4.78 is 0. The van der Waals surface area contributed by atoms with Gasteiger partial charge in [0.25, 0.3) is 5.56 Å². The van der Waals surface area contributed by atoms with Crippen molar-refractivity contribution in [2.75, 3.05) is 29.9 Å². The quantitative estimate of drug-likeness (QED) is 0.216. The van der Waals surface area contributed by atoms with Crippen LogP contribution in [0.25, 0.3) is 22.4 Å². The molecule has 40 heavy (non-hydrogen) atoms. The van der Waals surface area contributed by atoms with E-state index in [-0.39, 0.29) is 30.0 Å². The second-order valence-electron chi connectivity index (χ2n) is 10.8. The van der Waals surface area contributed by atoms with Gasteiger partial charge in [0.1, 0.15) is 11.4 Å². The third-order valence-corrected chi connectivity index (χ3v) is 8.07. The van der Waals surface area contributed by atoms with E-state index in [0.717, 1.165) is 61.1 Å². The van der Waals surface area contributed by atoms with Crippen LogP contribution in [0.2, 0.25) is 5.02 Å². The van der Waals surface area contributed by atoms with Crippen LogP contribution in [0.4, 0.5) is 11.4 Å². The molecule has 6 rings (SSSR count). The molecule has 0 bridgehead atoms. The topological polar surface area (TPSA) is 126 Å². The van der Waals surface area contributed by atoms with E-state index in [1.807, 2.05) is 13.0 Å². The summed E-state index contributed by atoms with van der Waals surface area (Å²) in [5.74, 6) is 0.904. The number of halogens is 1. The Hall–Kier alpha value is -3.82. The van der Waals surface area contributed by atoms with Crippen LogP contribution in [0.15, 0.2) is 53.5 Å². The minimum atomic E-state index is -0.808. The van der Waals surface area contributed by atoms with E-state index in [1.165, 1.54) is 0 Å². The Bertz CT molecular complexity index is 1600. The number of rotatable bonds is 8. The Morgan fingerprint density at radius 1 is 1.18 bits per heavy atom. The molecule has 1 amide bonds. The zero-order valence-corrected chi connectivity index (χ0v) is 23.1. The molecule has 208 valence electrons. The number of carbonyl (C=O) groups excluding carboxylic acids is 1. The predicted octanol–water partition coefficient (Wildman–Crippen LogP) is 4.52. The normalized spacial score (nSPS) is 16.7. The number of nitrogens with zero attached hydrogens (tertiary/aromatic N) is 2. The van der Waals surface area contributed by atoms with Crippen LogP contribution in [-0.4, -0.2) is 51.6 Å². The van der Waals surface area contributed by atoms with Gasteiger partial charge < -0.3 is 30.6 Å². The summed E-state index contributed by atoms with van der Waals surface area (Å²) in [4.78, 5) is 38.3. The maximum Gasteiger partial charge on any atom is 0.261 e. The van der Waals surface area contributed by atoms with Crippen LogP contribution in [0.1, 0.15) is 42.9 Å². The zero-order chi connectivity index (χ0) is 27.8. The van der Waals surface area contributed by atoms with Gasteiger partial charge in [-0.15, -0.1) is 0 Å². The summed E-state index contributed by atoms with van der Waals surface area (Å²) >= 11 is 6.07. The number of carbonyl (C=O) groups is 1. The van der Waals surface area contributed by atoms with Gasteiger partial charge in [0.2, 0.25) is 5.91 Å². The number of aryl methyl sites for hydroxylation is 1. The molecule has 0 unspecified atom stereocenters. The molecular formula is C30H33ClN6O3. The SMILES string of the molecule is Cc1cc(N2CCC(NC(=O)C3CC3)CC2)cc2[nH]c(-c3c(NC[C@@H](O)c4cccc(Cl)c4)cc[nH]c3=O)nc12. The highest BCUT2D eigenvalue weighted by molar-refractivity contribution is 6.30. The minimum Gasteiger partial charge on any atom is -0.387 e. The molecule has 10 heteroatoms. The molecule has 1 atom stereocenters. The molecule has 5 N–H and O–H groups in total. The third-order valence-electron chi connectivity index (χ3n) is 7.83. The Morgan fingerprint density at radius 3 is 2.73 bits per heavy atom. The molecule has 1 aliphatic carbocycles. The van der Waals surface area contributed by atoms with Crippen LogP contribution in [0, 0.1) is 12.8 Å². The third kappa shape index (κ3) is 5.57. The van der Waals surface area contributed by atoms with Gasteiger partial charge in [-0.05, 0) is 74.1 Å². The van der Waals surface area contributed by atoms with Crippen molar-refractivity contribution in [3.63, 3.8) is 0 Å². The maximum atomic E-state index is 13.0. The average molecular weight is 561 g/mol. The number of imidazole rings is 1. The number of aromatic amines is 2. The first kappa shape index (κ1) is 26.4. The summed E-state index contributed by atoms with van der Waals surface area (Å²) in [6, 6.07) is 13.3. The number of benzene rings is 2. The lowest BCUT2D eigenvalue weighted by Crippen LogP contribution is -2.45. The highest BCUT2D eigenvalue weighted by atomic mass is 35.5. The van der Waals surface area contributed by atoms with Crippen molar-refractivity contribution in [2.24, 2.45) is 5.92 Å². The Kier molecular flexibility index (Phi) is 7.25. The molecule has 1 saturated heterocycles. The number of H-pyrrole nitrogens is 2. The van der Waals surface area contributed by atoms with Crippen LogP contribution in [0.3, 0.4) is 0 Å². The van der Waals surface area contributed by atoms with E-state index in [4.69, 9.17) is 16.6 Å². The Balaban J connectivity index is 1.20. The predicted molar refractivity (Wildman–Crippen MR) is 158 cm³/mol. The number of fused-ring (bicyclic) bond motifs is 1. The molecule has 3 heterocycles. The minimum absolute atomic E-state index is 0.192. The number of amides is 1. The van der Waals surface area contributed by atoms with Crippen molar-refractivity contribution < 1.29 is 9.90 Å². The van der Waals surface area contributed by atoms with Crippen molar-refractivity contribution in [1.29, 1.82) is 0 Å². The number of aliphatic hydroxyl groups excluding tert-OH is 1. The van der Waals surface area contributed by atoms with E-state index in [2.05, 4.69) is 37.6 Å². The standard InChI is InChI=1S/C30H33ClN6O3/c1-17-13-22(37-11-8-21(9-12-37)34-29(39)18-5-6-18)15-24-27(17)36-28(35-24)26-23(7-10-32-30(26)40)33-16-25(38)19-3-2-4-20(31)14-19/h2-4,7,10,13-15,18,21,25,38H,5-6,8-9,11-12,16H2,1H3,(H,34,39)(H,35,36)(H2,32,33,40)/t25-/m1/s1. The number of piperidine rings is 1. The lowest BCUT2D eigenvalue weighted by molar-refractivity contribution is -0.123. The molecule has 9 nitrogen and oxygen atoms in total. The number of aromatic nitrogens is 3. The number of hydrogen-bond donors (Lipinski definition) is 5. The van der Waals surface area contributed by atoms with Gasteiger partial charge in [0.15, 0.2) is 0 Å². The molecule has 1 aliphatic heterocycles. The van der Waals surface area contributed by atoms with E-state index in [9.17, 15) is 14.7 Å². The van der Waals surface area contributed by atoms with Crippen molar-refractivity contribution in [1.82, 2.24) is 20.3 Å². The summed E-state index contributed by atoms with van der Waals surface area (Å²) in [6.07, 6.45) is 4.64. The Labute approximate surface area is 237 Å². The fraction of sp³-hybridized carbons (Fsp3) is 0.367. The summed E-state index contributed by atoms with van der Waals surface area (Å²) in [6.45, 7) is 3.94. The molecule has 2 aromatic heterocycles. The van der Waals surface area contributed by atoms with Crippen LogP contribution >= 0.6 is 11.6 Å². The van der Waals surface area contributed by atoms with Gasteiger partial charge in [0.05, 0.1) is 22.8 Å². The smallest absolute Gasteiger partial charge is 0.261 e. The molecule has 2 aromatic carbocycles. The van der Waals surface area contributed by atoms with Gasteiger partial charge >= 0.3 is 0 Å². The molecular weight excluding hydrogens is 528 g/mol. The monoisotopic (exact) mass is 560 g/mol. The van der Waals surface area contributed by atoms with E-state index in [1.54, 1.807) is 30.5 Å². The summed E-state index contributed by atoms with van der Waals surface area (Å²) in [5.41, 5.74) is 5.11. The molecule has 2 fully saturated rings. The number of hydrogen-bond acceptors (Lipinski definition) is 6. The lowest BCUT2D eigenvalue weighted by Gasteiger charge is -2.34. The molecule has 0 radical (unpaired) electrons. The number of aliphatic hydroxyl groups is 1. The fourth-order valence-electron chi connectivity index (χ4n) is 5.42. The maximum absolute atomic E-state index is 13.0. The van der Waals surface area contributed by atoms with E-state index < -0.39 is 6.10 Å². The highest BCUT2D eigenvalue weighted by Gasteiger charge is 2.32. The first-order valence-corrected chi connectivity index (χ1v) is 14.2. The largest absolute Gasteiger partial charge is 0.387 e. The highest BCUT2D eigenvalue weighted by Crippen LogP contribution is 2.32. The second kappa shape index (κ2) is 11.0. The van der Waals surface area contributed by atoms with Crippen molar-refractivity contribution in [3.8, 4) is 11.4 Å². The van der Waals surface area contributed by atoms with Gasteiger partial charge in [-0.3, -0.25) is 9.59 Å². The van der Waals surface area contributed by atoms with Gasteiger partial charge in [0, 0.05) is 48.5 Å². The molecule has 0 spiro atoms. The van der Waals surface area contributed by atoms with Crippen LogP contribution in [-0.2, 0) is 4.79 Å². The van der Waals surface area contributed by atoms with Gasteiger partial charge in [-0.2, -0.15) is 0 Å². The summed E-state index contributed by atoms with van der Waals surface area (Å²) in [7, 11) is 0. The number of anilines is 2. The van der Waals surface area contributed by atoms with Gasteiger partial charge in [-0.25, -0.2) is 4.98 Å². The molecule has 2 aliphatic rings. The van der Waals surface area contributed by atoms with E-state index in [0.29, 0.717) is 27.7 Å². The number of nitrogens with one attached hydrogen (secondary N) is 4. The van der Waals surface area contributed by atoms with Crippen LogP contribution in [0.5, 0.6) is 0 Å². The van der Waals surface area contributed by atoms with Crippen LogP contribution < -0.4 is 21.1 Å². The first-order valence-electron chi connectivity index (χ1n) is 13.8. The molecule has 1 saturated carbocycles. The average Bonchev–Trinajstić information content (AvgIpc) is 3.71. The fourth-order valence-corrected chi connectivity index (χ4v) is 5.62. The second-order valence-corrected chi connectivity index (χ2v) is 11.3. The first-order chi connectivity index (χ1) is 19.4. The number of pyridine rings is 1. The van der Waals surface area contributed by atoms with Crippen molar-refractivity contribution in [2.45, 2.75) is 44.8 Å². The summed E-state index contributed by atoms with van der Waals surface area (Å²) in [5, 5.41) is 17.6. The van der Waals surface area contributed by atoms with Gasteiger partial charge in [-0.1, -0.05) is 23.7 Å². The zero-order valence-electron chi connectivity index (χ0n) is 22.3. The molecule has 4 aromatic rings. The lowest BCUT2D eigenvalue weighted by atomic mass is 10.0.